The Morgan fingerprint density at radius 1 is 1.20 bits per heavy atom. The summed E-state index contributed by atoms with van der Waals surface area (Å²) in [7, 11) is 1.74. The third kappa shape index (κ3) is 4.70. The van der Waals surface area contributed by atoms with Crippen molar-refractivity contribution in [1.82, 2.24) is 15.1 Å². The first-order chi connectivity index (χ1) is 14.2. The van der Waals surface area contributed by atoms with Crippen molar-refractivity contribution < 1.29 is 9.21 Å². The van der Waals surface area contributed by atoms with Crippen LogP contribution in [0.15, 0.2) is 33.9 Å². The summed E-state index contributed by atoms with van der Waals surface area (Å²) in [5.41, 5.74) is 1.47. The number of amides is 1. The van der Waals surface area contributed by atoms with Gasteiger partial charge in [-0.1, -0.05) is 63.9 Å². The number of nitriles is 1. The van der Waals surface area contributed by atoms with Gasteiger partial charge in [0.25, 0.3) is 5.22 Å². The average molecular weight is 427 g/mol. The highest BCUT2D eigenvalue weighted by molar-refractivity contribution is 8.00. The molecule has 0 spiro atoms. The van der Waals surface area contributed by atoms with Gasteiger partial charge in [-0.3, -0.25) is 4.79 Å². The summed E-state index contributed by atoms with van der Waals surface area (Å²) in [5.74, 6) is 0.351. The Kier molecular flexibility index (Phi) is 6.56. The zero-order chi connectivity index (χ0) is 21.9. The predicted molar refractivity (Wildman–Crippen MR) is 118 cm³/mol. The molecule has 0 saturated heterocycles. The molecule has 0 bridgehead atoms. The summed E-state index contributed by atoms with van der Waals surface area (Å²) < 4.78 is 5.80. The summed E-state index contributed by atoms with van der Waals surface area (Å²) >= 11 is 1.24. The van der Waals surface area contributed by atoms with E-state index in [0.29, 0.717) is 11.1 Å². The van der Waals surface area contributed by atoms with Crippen LogP contribution in [-0.4, -0.2) is 38.8 Å². The summed E-state index contributed by atoms with van der Waals surface area (Å²) in [6.07, 6.45) is 4.55. The normalized spacial score (nSPS) is 17.2. The van der Waals surface area contributed by atoms with Crippen LogP contribution in [0.4, 0.5) is 0 Å². The Hall–Kier alpha value is -2.33. The lowest BCUT2D eigenvalue weighted by Gasteiger charge is -2.39. The SMILES string of the molecule is C[C@H](Sc1nnc(-c2ccc(C(C)(C)C)cc2)o1)C(=O)N(C)C1(C#N)CCCCC1. The molecule has 1 aromatic carbocycles. The minimum Gasteiger partial charge on any atom is -0.411 e. The molecular formula is C23H30N4O2S. The molecule has 1 aliphatic carbocycles. The molecule has 7 heteroatoms. The van der Waals surface area contributed by atoms with Gasteiger partial charge in [-0.15, -0.1) is 10.2 Å². The van der Waals surface area contributed by atoms with E-state index >= 15 is 0 Å². The van der Waals surface area contributed by atoms with Crippen LogP contribution in [0.5, 0.6) is 0 Å². The molecule has 0 radical (unpaired) electrons. The number of hydrogen-bond acceptors (Lipinski definition) is 6. The van der Waals surface area contributed by atoms with Crippen molar-refractivity contribution in [1.29, 1.82) is 5.26 Å². The molecule has 1 aliphatic rings. The van der Waals surface area contributed by atoms with E-state index in [4.69, 9.17) is 4.42 Å². The summed E-state index contributed by atoms with van der Waals surface area (Å²) in [4.78, 5) is 14.6. The minimum absolute atomic E-state index is 0.0787. The number of aromatic nitrogens is 2. The Bertz CT molecular complexity index is 918. The Morgan fingerprint density at radius 2 is 1.83 bits per heavy atom. The standard InChI is InChI=1S/C23H30N4O2S/c1-16(20(28)27(5)23(15-24)13-7-6-8-14-23)30-21-26-25-19(29-21)17-9-11-18(12-10-17)22(2,3)4/h9-12,16H,6-8,13-14H2,1-5H3/t16-/m0/s1. The second-order valence-corrected chi connectivity index (χ2v) is 10.4. The van der Waals surface area contributed by atoms with E-state index in [1.165, 1.54) is 17.3 Å². The summed E-state index contributed by atoms with van der Waals surface area (Å²) in [5, 5.41) is 17.9. The van der Waals surface area contributed by atoms with Gasteiger partial charge >= 0.3 is 0 Å². The number of rotatable bonds is 5. The average Bonchev–Trinajstić information content (AvgIpc) is 3.21. The lowest BCUT2D eigenvalue weighted by molar-refractivity contribution is -0.133. The van der Waals surface area contributed by atoms with Gasteiger partial charge in [0.05, 0.1) is 11.3 Å². The van der Waals surface area contributed by atoms with Crippen molar-refractivity contribution in [3.05, 3.63) is 29.8 Å². The van der Waals surface area contributed by atoms with E-state index in [0.717, 1.165) is 37.7 Å². The van der Waals surface area contributed by atoms with Crippen molar-refractivity contribution in [3.8, 4) is 17.5 Å². The molecule has 1 fully saturated rings. The van der Waals surface area contributed by atoms with Crippen molar-refractivity contribution in [2.24, 2.45) is 0 Å². The maximum Gasteiger partial charge on any atom is 0.277 e. The van der Waals surface area contributed by atoms with Crippen LogP contribution in [0.1, 0.15) is 65.4 Å². The lowest BCUT2D eigenvalue weighted by atomic mass is 9.81. The van der Waals surface area contributed by atoms with Crippen molar-refractivity contribution in [2.75, 3.05) is 7.05 Å². The van der Waals surface area contributed by atoms with Crippen LogP contribution in [0, 0.1) is 11.3 Å². The summed E-state index contributed by atoms with van der Waals surface area (Å²) in [6, 6.07) is 10.5. The third-order valence-electron chi connectivity index (χ3n) is 5.89. The van der Waals surface area contributed by atoms with Gasteiger partial charge in [-0.2, -0.15) is 5.26 Å². The largest absolute Gasteiger partial charge is 0.411 e. The molecule has 1 heterocycles. The number of thioether (sulfide) groups is 1. The minimum atomic E-state index is -0.695. The van der Waals surface area contributed by atoms with Crippen molar-refractivity contribution >= 4 is 17.7 Å². The van der Waals surface area contributed by atoms with Crippen LogP contribution in [0.3, 0.4) is 0 Å². The molecule has 0 unspecified atom stereocenters. The van der Waals surface area contributed by atoms with E-state index in [1.54, 1.807) is 11.9 Å². The van der Waals surface area contributed by atoms with Gasteiger partial charge in [0.15, 0.2) is 0 Å². The van der Waals surface area contributed by atoms with E-state index in [9.17, 15) is 10.1 Å². The highest BCUT2D eigenvalue weighted by Gasteiger charge is 2.40. The smallest absolute Gasteiger partial charge is 0.277 e. The van der Waals surface area contributed by atoms with E-state index in [1.807, 2.05) is 19.1 Å². The molecule has 1 atom stereocenters. The van der Waals surface area contributed by atoms with Gasteiger partial charge in [-0.05, 0) is 42.9 Å². The van der Waals surface area contributed by atoms with Gasteiger partial charge in [-0.25, -0.2) is 0 Å². The molecule has 0 N–H and O–H groups in total. The zero-order valence-electron chi connectivity index (χ0n) is 18.4. The van der Waals surface area contributed by atoms with Gasteiger partial charge in [0.2, 0.25) is 11.8 Å². The number of carbonyl (C=O) groups is 1. The number of hydrogen-bond donors (Lipinski definition) is 0. The molecular weight excluding hydrogens is 396 g/mol. The number of nitrogens with zero attached hydrogens (tertiary/aromatic N) is 4. The number of carbonyl (C=O) groups excluding carboxylic acids is 1. The quantitative estimate of drug-likeness (QED) is 0.611. The fraction of sp³-hybridized carbons (Fsp3) is 0.565. The number of benzene rings is 1. The fourth-order valence-corrected chi connectivity index (χ4v) is 4.61. The van der Waals surface area contributed by atoms with Gasteiger partial charge in [0.1, 0.15) is 5.54 Å². The van der Waals surface area contributed by atoms with Crippen LogP contribution < -0.4 is 0 Å². The Balaban J connectivity index is 1.68. The predicted octanol–water partition coefficient (Wildman–Crippen LogP) is 5.20. The maximum absolute atomic E-state index is 13.0. The van der Waals surface area contributed by atoms with Crippen LogP contribution in [0.2, 0.25) is 0 Å². The molecule has 160 valence electrons. The second-order valence-electron chi connectivity index (χ2n) is 9.06. The first kappa shape index (κ1) is 22.4. The molecule has 1 aromatic heterocycles. The third-order valence-corrected chi connectivity index (χ3v) is 6.81. The van der Waals surface area contributed by atoms with Crippen molar-refractivity contribution in [2.45, 2.75) is 81.2 Å². The highest BCUT2D eigenvalue weighted by atomic mass is 32.2. The summed E-state index contributed by atoms with van der Waals surface area (Å²) in [6.45, 7) is 8.33. The fourth-order valence-electron chi connectivity index (χ4n) is 3.83. The highest BCUT2D eigenvalue weighted by Crippen LogP contribution is 2.35. The first-order valence-electron chi connectivity index (χ1n) is 10.5. The molecule has 1 saturated carbocycles. The molecule has 6 nitrogen and oxygen atoms in total. The lowest BCUT2D eigenvalue weighted by Crippen LogP contribution is -2.52. The Labute approximate surface area is 183 Å². The van der Waals surface area contributed by atoms with E-state index < -0.39 is 10.8 Å². The molecule has 2 aromatic rings. The molecule has 3 rings (SSSR count). The van der Waals surface area contributed by atoms with Gasteiger partial charge in [0, 0.05) is 12.6 Å². The first-order valence-corrected chi connectivity index (χ1v) is 11.3. The second kappa shape index (κ2) is 8.81. The molecule has 30 heavy (non-hydrogen) atoms. The van der Waals surface area contributed by atoms with Crippen LogP contribution >= 0.6 is 11.8 Å². The zero-order valence-corrected chi connectivity index (χ0v) is 19.3. The van der Waals surface area contributed by atoms with E-state index in [2.05, 4.69) is 49.2 Å². The van der Waals surface area contributed by atoms with E-state index in [-0.39, 0.29) is 11.3 Å². The van der Waals surface area contributed by atoms with Gasteiger partial charge < -0.3 is 9.32 Å². The Morgan fingerprint density at radius 3 is 2.40 bits per heavy atom. The van der Waals surface area contributed by atoms with Crippen LogP contribution in [0.25, 0.3) is 11.5 Å². The van der Waals surface area contributed by atoms with Crippen LogP contribution in [-0.2, 0) is 10.2 Å². The maximum atomic E-state index is 13.0. The monoisotopic (exact) mass is 426 g/mol. The topological polar surface area (TPSA) is 83.0 Å². The molecule has 1 amide bonds. The molecule has 0 aliphatic heterocycles. The van der Waals surface area contributed by atoms with Crippen molar-refractivity contribution in [3.63, 3.8) is 0 Å².